The Bertz CT molecular complexity index is 617. The molecule has 20 heavy (non-hydrogen) atoms. The Balaban J connectivity index is 1.99. The molecule has 3 rings (SSSR count). The van der Waals surface area contributed by atoms with E-state index in [1.807, 2.05) is 17.8 Å². The number of benzene rings is 1. The number of fused-ring (bicyclic) bond motifs is 1. The van der Waals surface area contributed by atoms with E-state index in [4.69, 9.17) is 5.73 Å². The van der Waals surface area contributed by atoms with Gasteiger partial charge in [0.15, 0.2) is 0 Å². The fourth-order valence-electron chi connectivity index (χ4n) is 3.20. The van der Waals surface area contributed by atoms with Gasteiger partial charge in [0.25, 0.3) is 0 Å². The van der Waals surface area contributed by atoms with Gasteiger partial charge in [-0.05, 0) is 37.3 Å². The molecule has 1 heterocycles. The van der Waals surface area contributed by atoms with Crippen LogP contribution in [-0.2, 0) is 6.54 Å². The van der Waals surface area contributed by atoms with Gasteiger partial charge in [-0.15, -0.1) is 0 Å². The Morgan fingerprint density at radius 1 is 1.35 bits per heavy atom. The molecule has 1 aliphatic carbocycles. The minimum absolute atomic E-state index is 0.326. The number of hydrogen-bond acceptors (Lipinski definition) is 3. The van der Waals surface area contributed by atoms with Crippen LogP contribution >= 0.6 is 27.7 Å². The summed E-state index contributed by atoms with van der Waals surface area (Å²) >= 11 is 5.49. The molecule has 0 saturated heterocycles. The maximum atomic E-state index is 6.16. The van der Waals surface area contributed by atoms with E-state index in [1.165, 1.54) is 32.1 Å². The van der Waals surface area contributed by atoms with Gasteiger partial charge in [-0.25, -0.2) is 4.98 Å². The van der Waals surface area contributed by atoms with Gasteiger partial charge in [-0.3, -0.25) is 0 Å². The summed E-state index contributed by atoms with van der Waals surface area (Å²) in [5, 5.41) is 0. The SMILES string of the molecule is CSC1(Cn2c(N)nc3cc(Br)ccc32)CCCCC1. The molecule has 0 aliphatic heterocycles. The van der Waals surface area contributed by atoms with Gasteiger partial charge < -0.3 is 10.3 Å². The van der Waals surface area contributed by atoms with Gasteiger partial charge in [0, 0.05) is 15.8 Å². The first-order valence-corrected chi connectivity index (χ1v) is 9.12. The third-order valence-electron chi connectivity index (χ3n) is 4.38. The molecule has 1 aliphatic rings. The average Bonchev–Trinajstić information content (AvgIpc) is 2.75. The van der Waals surface area contributed by atoms with Gasteiger partial charge in [-0.2, -0.15) is 11.8 Å². The molecule has 1 fully saturated rings. The average molecular weight is 354 g/mol. The largest absolute Gasteiger partial charge is 0.369 e. The molecule has 0 spiro atoms. The molecule has 1 aromatic carbocycles. The summed E-state index contributed by atoms with van der Waals surface area (Å²) in [4.78, 5) is 4.51. The second kappa shape index (κ2) is 5.60. The van der Waals surface area contributed by atoms with Crippen molar-refractivity contribution in [2.75, 3.05) is 12.0 Å². The Morgan fingerprint density at radius 2 is 2.10 bits per heavy atom. The van der Waals surface area contributed by atoms with E-state index >= 15 is 0 Å². The molecule has 0 radical (unpaired) electrons. The highest BCUT2D eigenvalue weighted by Gasteiger charge is 2.32. The first-order valence-electron chi connectivity index (χ1n) is 7.10. The van der Waals surface area contributed by atoms with E-state index < -0.39 is 0 Å². The molecule has 5 heteroatoms. The highest BCUT2D eigenvalue weighted by molar-refractivity contribution is 9.10. The quantitative estimate of drug-likeness (QED) is 0.886. The summed E-state index contributed by atoms with van der Waals surface area (Å²) in [7, 11) is 0. The zero-order valence-corrected chi connectivity index (χ0v) is 14.1. The second-order valence-electron chi connectivity index (χ2n) is 5.64. The summed E-state index contributed by atoms with van der Waals surface area (Å²) in [6.45, 7) is 0.970. The lowest BCUT2D eigenvalue weighted by Gasteiger charge is -2.36. The summed E-state index contributed by atoms with van der Waals surface area (Å²) in [5.74, 6) is 0.636. The summed E-state index contributed by atoms with van der Waals surface area (Å²) < 4.78 is 3.57. The van der Waals surface area contributed by atoms with Gasteiger partial charge in [0.05, 0.1) is 11.0 Å². The van der Waals surface area contributed by atoms with Crippen molar-refractivity contribution < 1.29 is 0 Å². The number of anilines is 1. The Kier molecular flexibility index (Phi) is 4.00. The predicted molar refractivity (Wildman–Crippen MR) is 91.2 cm³/mol. The minimum Gasteiger partial charge on any atom is -0.369 e. The number of nitrogen functional groups attached to an aromatic ring is 1. The van der Waals surface area contributed by atoms with Crippen LogP contribution in [-0.4, -0.2) is 20.6 Å². The van der Waals surface area contributed by atoms with Crippen molar-refractivity contribution in [3.63, 3.8) is 0 Å². The second-order valence-corrected chi connectivity index (χ2v) is 7.83. The van der Waals surface area contributed by atoms with Crippen LogP contribution in [0.3, 0.4) is 0 Å². The number of nitrogens with zero attached hydrogens (tertiary/aromatic N) is 2. The normalized spacial score (nSPS) is 18.5. The number of rotatable bonds is 3. The van der Waals surface area contributed by atoms with Gasteiger partial charge in [-0.1, -0.05) is 35.2 Å². The maximum Gasteiger partial charge on any atom is 0.201 e. The maximum absolute atomic E-state index is 6.16. The van der Waals surface area contributed by atoms with Crippen molar-refractivity contribution in [3.8, 4) is 0 Å². The molecule has 108 valence electrons. The molecule has 1 saturated carbocycles. The summed E-state index contributed by atoms with van der Waals surface area (Å²) in [6.07, 6.45) is 8.83. The fourth-order valence-corrected chi connectivity index (χ4v) is 4.50. The van der Waals surface area contributed by atoms with E-state index in [-0.39, 0.29) is 0 Å². The van der Waals surface area contributed by atoms with Crippen LogP contribution in [0, 0.1) is 0 Å². The van der Waals surface area contributed by atoms with E-state index in [0.717, 1.165) is 22.1 Å². The predicted octanol–water partition coefficient (Wildman–Crippen LogP) is 4.45. The highest BCUT2D eigenvalue weighted by atomic mass is 79.9. The Hall–Kier alpha value is -0.680. The van der Waals surface area contributed by atoms with Crippen molar-refractivity contribution in [1.82, 2.24) is 9.55 Å². The molecule has 0 bridgehead atoms. The van der Waals surface area contributed by atoms with Crippen LogP contribution < -0.4 is 5.73 Å². The lowest BCUT2D eigenvalue weighted by atomic mass is 9.88. The van der Waals surface area contributed by atoms with Crippen molar-refractivity contribution in [2.24, 2.45) is 0 Å². The topological polar surface area (TPSA) is 43.8 Å². The summed E-state index contributed by atoms with van der Waals surface area (Å²) in [5.41, 5.74) is 8.28. The highest BCUT2D eigenvalue weighted by Crippen LogP contribution is 2.41. The van der Waals surface area contributed by atoms with Crippen LogP contribution in [0.25, 0.3) is 11.0 Å². The van der Waals surface area contributed by atoms with E-state index in [2.05, 4.69) is 43.9 Å². The number of aromatic nitrogens is 2. The Labute approximate surface area is 132 Å². The first-order chi connectivity index (χ1) is 9.63. The summed E-state index contributed by atoms with van der Waals surface area (Å²) in [6, 6.07) is 6.21. The molecular formula is C15H20BrN3S. The van der Waals surface area contributed by atoms with Crippen molar-refractivity contribution in [2.45, 2.75) is 43.4 Å². The molecule has 1 aromatic heterocycles. The number of nitrogens with two attached hydrogens (primary N) is 1. The van der Waals surface area contributed by atoms with Crippen molar-refractivity contribution in [3.05, 3.63) is 22.7 Å². The molecular weight excluding hydrogens is 334 g/mol. The number of imidazole rings is 1. The minimum atomic E-state index is 0.326. The smallest absolute Gasteiger partial charge is 0.201 e. The van der Waals surface area contributed by atoms with Crippen LogP contribution in [0.4, 0.5) is 5.95 Å². The molecule has 2 N–H and O–H groups in total. The number of hydrogen-bond donors (Lipinski definition) is 1. The molecule has 0 unspecified atom stereocenters. The zero-order chi connectivity index (χ0) is 14.2. The van der Waals surface area contributed by atoms with E-state index in [1.54, 1.807) is 0 Å². The van der Waals surface area contributed by atoms with Gasteiger partial charge in [0.2, 0.25) is 5.95 Å². The lowest BCUT2D eigenvalue weighted by Crippen LogP contribution is -2.33. The molecule has 3 nitrogen and oxygen atoms in total. The first kappa shape index (κ1) is 14.3. The van der Waals surface area contributed by atoms with Crippen molar-refractivity contribution in [1.29, 1.82) is 0 Å². The van der Waals surface area contributed by atoms with E-state index in [0.29, 0.717) is 10.7 Å². The molecule has 0 amide bonds. The lowest BCUT2D eigenvalue weighted by molar-refractivity contribution is 0.363. The molecule has 2 aromatic rings. The van der Waals surface area contributed by atoms with Crippen molar-refractivity contribution >= 4 is 44.7 Å². The van der Waals surface area contributed by atoms with Gasteiger partial charge in [0.1, 0.15) is 0 Å². The zero-order valence-electron chi connectivity index (χ0n) is 11.7. The van der Waals surface area contributed by atoms with Crippen LogP contribution in [0.1, 0.15) is 32.1 Å². The monoisotopic (exact) mass is 353 g/mol. The van der Waals surface area contributed by atoms with Crippen LogP contribution in [0.5, 0.6) is 0 Å². The number of halogens is 1. The molecule has 0 atom stereocenters. The van der Waals surface area contributed by atoms with Gasteiger partial charge >= 0.3 is 0 Å². The van der Waals surface area contributed by atoms with Crippen LogP contribution in [0.2, 0.25) is 0 Å². The fraction of sp³-hybridized carbons (Fsp3) is 0.533. The standard InChI is InChI=1S/C15H20BrN3S/c1-20-15(7-3-2-4-8-15)10-19-13-6-5-11(16)9-12(13)18-14(19)17/h5-6,9H,2-4,7-8,10H2,1H3,(H2,17,18). The third-order valence-corrected chi connectivity index (χ3v) is 6.28. The third kappa shape index (κ3) is 2.58. The van der Waals surface area contributed by atoms with Crippen LogP contribution in [0.15, 0.2) is 22.7 Å². The Morgan fingerprint density at radius 3 is 2.80 bits per heavy atom. The number of thioether (sulfide) groups is 1. The van der Waals surface area contributed by atoms with E-state index in [9.17, 15) is 0 Å².